The van der Waals surface area contributed by atoms with E-state index < -0.39 is 0 Å². The number of aryl methyl sites for hydroxylation is 1. The molecule has 3 N–H and O–H groups in total. The summed E-state index contributed by atoms with van der Waals surface area (Å²) in [7, 11) is 0. The van der Waals surface area contributed by atoms with E-state index in [1.54, 1.807) is 0 Å². The molecule has 5 nitrogen and oxygen atoms in total. The second kappa shape index (κ2) is 4.97. The molecule has 3 rings (SSSR count). The summed E-state index contributed by atoms with van der Waals surface area (Å²) in [5.74, 6) is 0.0602. The first kappa shape index (κ1) is 12.7. The number of hydrogen-bond acceptors (Lipinski definition) is 4. The lowest BCUT2D eigenvalue weighted by molar-refractivity contribution is 0.920. The molecule has 0 saturated carbocycles. The predicted octanol–water partition coefficient (Wildman–Crippen LogP) is 2.47. The SMILES string of the molecule is Cc1cccc(C(=N)N)c1Sc1nnc2ccccn12. The molecule has 0 aliphatic carbocycles. The standard InChI is InChI=1S/C14H13N5S/c1-9-5-4-6-10(13(15)16)12(9)20-14-18-17-11-7-2-3-8-19(11)14/h2-8H,1H3,(H3,15,16). The first-order valence-corrected chi connectivity index (χ1v) is 6.90. The number of aromatic nitrogens is 3. The number of hydrogen-bond donors (Lipinski definition) is 2. The van der Waals surface area contributed by atoms with Crippen molar-refractivity contribution in [2.75, 3.05) is 0 Å². The third-order valence-corrected chi connectivity index (χ3v) is 4.18. The maximum absolute atomic E-state index is 7.69. The minimum atomic E-state index is 0.0602. The number of amidine groups is 1. The lowest BCUT2D eigenvalue weighted by atomic mass is 10.1. The molecule has 0 amide bonds. The normalized spacial score (nSPS) is 10.8. The fraction of sp³-hybridized carbons (Fsp3) is 0.0714. The molecular formula is C14H13N5S. The molecule has 0 atom stereocenters. The van der Waals surface area contributed by atoms with Crippen LogP contribution in [-0.2, 0) is 0 Å². The van der Waals surface area contributed by atoms with Crippen LogP contribution < -0.4 is 5.73 Å². The van der Waals surface area contributed by atoms with Gasteiger partial charge >= 0.3 is 0 Å². The van der Waals surface area contributed by atoms with Gasteiger partial charge < -0.3 is 5.73 Å². The number of benzene rings is 1. The Bertz CT molecular complexity index is 793. The van der Waals surface area contributed by atoms with Gasteiger partial charge in [0.1, 0.15) is 5.84 Å². The van der Waals surface area contributed by atoms with Crippen LogP contribution in [0.4, 0.5) is 0 Å². The van der Waals surface area contributed by atoms with Gasteiger partial charge in [0.05, 0.1) is 0 Å². The summed E-state index contributed by atoms with van der Waals surface area (Å²) in [6.07, 6.45) is 1.92. The van der Waals surface area contributed by atoms with Crippen molar-refractivity contribution in [3.63, 3.8) is 0 Å². The van der Waals surface area contributed by atoms with E-state index >= 15 is 0 Å². The number of nitrogen functional groups attached to an aromatic ring is 1. The fourth-order valence-corrected chi connectivity index (χ4v) is 3.01. The van der Waals surface area contributed by atoms with Crippen molar-refractivity contribution in [1.82, 2.24) is 14.6 Å². The minimum absolute atomic E-state index is 0.0602. The number of nitrogens with zero attached hydrogens (tertiary/aromatic N) is 3. The van der Waals surface area contributed by atoms with Crippen LogP contribution in [0.15, 0.2) is 52.6 Å². The first-order chi connectivity index (χ1) is 9.66. The average molecular weight is 283 g/mol. The van der Waals surface area contributed by atoms with Crippen LogP contribution in [0.25, 0.3) is 5.65 Å². The summed E-state index contributed by atoms with van der Waals surface area (Å²) in [6.45, 7) is 2.00. The lowest BCUT2D eigenvalue weighted by Gasteiger charge is -2.09. The zero-order valence-corrected chi connectivity index (χ0v) is 11.7. The second-order valence-corrected chi connectivity index (χ2v) is 5.36. The molecule has 0 radical (unpaired) electrons. The second-order valence-electron chi connectivity index (χ2n) is 4.38. The summed E-state index contributed by atoms with van der Waals surface area (Å²) in [4.78, 5) is 0.943. The molecule has 1 aromatic carbocycles. The van der Waals surface area contributed by atoms with Crippen LogP contribution in [0.1, 0.15) is 11.1 Å². The van der Waals surface area contributed by atoms with E-state index in [9.17, 15) is 0 Å². The third kappa shape index (κ3) is 2.14. The largest absolute Gasteiger partial charge is 0.384 e. The highest BCUT2D eigenvalue weighted by Gasteiger charge is 2.13. The topological polar surface area (TPSA) is 80.1 Å². The minimum Gasteiger partial charge on any atom is -0.384 e. The Balaban J connectivity index is 2.10. The molecule has 0 spiro atoms. The molecule has 100 valence electrons. The van der Waals surface area contributed by atoms with E-state index in [4.69, 9.17) is 11.1 Å². The fourth-order valence-electron chi connectivity index (χ4n) is 1.98. The maximum Gasteiger partial charge on any atom is 0.200 e. The van der Waals surface area contributed by atoms with Gasteiger partial charge in [-0.1, -0.05) is 24.3 Å². The quantitative estimate of drug-likeness (QED) is 0.571. The summed E-state index contributed by atoms with van der Waals surface area (Å²) in [5.41, 5.74) is 8.24. The summed E-state index contributed by atoms with van der Waals surface area (Å²) in [6, 6.07) is 11.5. The molecule has 0 fully saturated rings. The van der Waals surface area contributed by atoms with Crippen LogP contribution in [0.3, 0.4) is 0 Å². The van der Waals surface area contributed by atoms with E-state index in [1.165, 1.54) is 11.8 Å². The molecule has 0 saturated heterocycles. The molecular weight excluding hydrogens is 270 g/mol. The van der Waals surface area contributed by atoms with Crippen molar-refractivity contribution in [3.05, 3.63) is 53.7 Å². The number of nitrogens with two attached hydrogens (primary N) is 1. The van der Waals surface area contributed by atoms with Crippen molar-refractivity contribution < 1.29 is 0 Å². The monoisotopic (exact) mass is 283 g/mol. The van der Waals surface area contributed by atoms with Crippen molar-refractivity contribution in [2.24, 2.45) is 5.73 Å². The summed E-state index contributed by atoms with van der Waals surface area (Å²) < 4.78 is 1.92. The van der Waals surface area contributed by atoms with Gasteiger partial charge in [0, 0.05) is 16.7 Å². The number of nitrogens with one attached hydrogen (secondary N) is 1. The van der Waals surface area contributed by atoms with Gasteiger partial charge in [0.15, 0.2) is 10.8 Å². The summed E-state index contributed by atoms with van der Waals surface area (Å²) in [5, 5.41) is 16.8. The van der Waals surface area contributed by atoms with E-state index in [1.807, 2.05) is 53.9 Å². The van der Waals surface area contributed by atoms with Gasteiger partial charge in [0.2, 0.25) is 0 Å². The van der Waals surface area contributed by atoms with Crippen LogP contribution in [0, 0.1) is 12.3 Å². The Labute approximate surface area is 120 Å². The highest BCUT2D eigenvalue weighted by molar-refractivity contribution is 7.99. The molecule has 0 aliphatic heterocycles. The zero-order valence-electron chi connectivity index (χ0n) is 10.9. The molecule has 2 heterocycles. The van der Waals surface area contributed by atoms with E-state index in [-0.39, 0.29) is 5.84 Å². The van der Waals surface area contributed by atoms with Crippen LogP contribution in [0.5, 0.6) is 0 Å². The predicted molar refractivity (Wildman–Crippen MR) is 79.3 cm³/mol. The van der Waals surface area contributed by atoms with E-state index in [0.717, 1.165) is 26.8 Å². The molecule has 0 aliphatic rings. The van der Waals surface area contributed by atoms with Gasteiger partial charge in [0.25, 0.3) is 0 Å². The van der Waals surface area contributed by atoms with E-state index in [0.29, 0.717) is 0 Å². The smallest absolute Gasteiger partial charge is 0.200 e. The van der Waals surface area contributed by atoms with Gasteiger partial charge in [-0.05, 0) is 36.4 Å². The molecule has 3 aromatic rings. The molecule has 2 aromatic heterocycles. The molecule has 6 heteroatoms. The van der Waals surface area contributed by atoms with Crippen molar-refractivity contribution in [3.8, 4) is 0 Å². The number of rotatable bonds is 3. The Morgan fingerprint density at radius 2 is 2.05 bits per heavy atom. The third-order valence-electron chi connectivity index (χ3n) is 2.98. The molecule has 20 heavy (non-hydrogen) atoms. The van der Waals surface area contributed by atoms with Crippen molar-refractivity contribution >= 4 is 23.2 Å². The van der Waals surface area contributed by atoms with Crippen LogP contribution in [-0.4, -0.2) is 20.4 Å². The number of fused-ring (bicyclic) bond motifs is 1. The average Bonchev–Trinajstić information content (AvgIpc) is 2.84. The number of pyridine rings is 1. The highest BCUT2D eigenvalue weighted by atomic mass is 32.2. The lowest BCUT2D eigenvalue weighted by Crippen LogP contribution is -2.12. The first-order valence-electron chi connectivity index (χ1n) is 6.08. The molecule has 0 bridgehead atoms. The van der Waals surface area contributed by atoms with Gasteiger partial charge in [-0.25, -0.2) is 0 Å². The zero-order chi connectivity index (χ0) is 14.1. The highest BCUT2D eigenvalue weighted by Crippen LogP contribution is 2.32. The van der Waals surface area contributed by atoms with Gasteiger partial charge in [-0.3, -0.25) is 9.81 Å². The Morgan fingerprint density at radius 3 is 2.85 bits per heavy atom. The van der Waals surface area contributed by atoms with Gasteiger partial charge in [-0.15, -0.1) is 10.2 Å². The Kier molecular flexibility index (Phi) is 3.15. The van der Waals surface area contributed by atoms with Crippen molar-refractivity contribution in [1.29, 1.82) is 5.41 Å². The summed E-state index contributed by atoms with van der Waals surface area (Å²) >= 11 is 1.47. The van der Waals surface area contributed by atoms with Gasteiger partial charge in [-0.2, -0.15) is 0 Å². The van der Waals surface area contributed by atoms with Crippen LogP contribution in [0.2, 0.25) is 0 Å². The van der Waals surface area contributed by atoms with Crippen molar-refractivity contribution in [2.45, 2.75) is 17.0 Å². The van der Waals surface area contributed by atoms with Crippen LogP contribution >= 0.6 is 11.8 Å². The maximum atomic E-state index is 7.69. The van der Waals surface area contributed by atoms with E-state index in [2.05, 4.69) is 10.2 Å². The Hall–Kier alpha value is -2.34. The Morgan fingerprint density at radius 1 is 1.20 bits per heavy atom. The molecule has 0 unspecified atom stereocenters.